The van der Waals surface area contributed by atoms with Gasteiger partial charge in [0, 0.05) is 0 Å². The van der Waals surface area contributed by atoms with E-state index in [2.05, 4.69) is 69.3 Å². The highest BCUT2D eigenvalue weighted by atomic mass is 35.7. The van der Waals surface area contributed by atoms with Gasteiger partial charge in [0.25, 0.3) is 0 Å². The Morgan fingerprint density at radius 2 is 0.931 bits per heavy atom. The molecule has 2 aromatic carbocycles. The minimum atomic E-state index is -4.94. The van der Waals surface area contributed by atoms with E-state index in [0.717, 1.165) is 5.25 Å². The summed E-state index contributed by atoms with van der Waals surface area (Å²) >= 11 is 0. The predicted molar refractivity (Wildman–Crippen MR) is 84.2 cm³/mol. The molecule has 3 aliphatic rings. The van der Waals surface area contributed by atoms with Gasteiger partial charge in [-0.15, -0.1) is 20.5 Å². The number of benzene rings is 2. The number of halogens is 2. The molecule has 0 N–H and O–H groups in total. The van der Waals surface area contributed by atoms with Crippen LogP contribution in [0.3, 0.4) is 0 Å². The largest absolute Gasteiger partial charge is 0.222 e. The summed E-state index contributed by atoms with van der Waals surface area (Å²) in [7, 11) is -9.40. The zero-order valence-electron chi connectivity index (χ0n) is 15.5. The van der Waals surface area contributed by atoms with Gasteiger partial charge in [-0.1, -0.05) is 24.3 Å². The van der Waals surface area contributed by atoms with E-state index in [0.29, 0.717) is 4.75 Å². The van der Waals surface area contributed by atoms with Gasteiger partial charge in [0.2, 0.25) is 19.6 Å². The van der Waals surface area contributed by atoms with E-state index >= 15 is 0 Å². The smallest absolute Gasteiger partial charge is 0.216 e. The Morgan fingerprint density at radius 3 is 1.24 bits per heavy atom. The number of rotatable bonds is 0. The van der Waals surface area contributed by atoms with Crippen molar-refractivity contribution < 1.29 is 57.8 Å². The average molecular weight is 485 g/mol. The molecule has 0 aromatic heterocycles. The molecule has 0 fully saturated rings. The van der Waals surface area contributed by atoms with E-state index in [9.17, 15) is 0 Å². The van der Waals surface area contributed by atoms with Crippen LogP contribution in [-0.2, 0) is 21.8 Å². The van der Waals surface area contributed by atoms with Crippen LogP contribution in [0.1, 0.15) is 20.8 Å². The van der Waals surface area contributed by atoms with Gasteiger partial charge in [0.15, 0.2) is 10.00 Å². The summed E-state index contributed by atoms with van der Waals surface area (Å²) in [6, 6.07) is 18.3. The van der Waals surface area contributed by atoms with Gasteiger partial charge < -0.3 is 0 Å². The predicted octanol–water partition coefficient (Wildman–Crippen LogP) is -5.26. The first kappa shape index (κ1) is 24.7. The Balaban J connectivity index is 0.000000253. The second kappa shape index (κ2) is 8.87. The molecule has 0 aliphatic carbocycles. The molecule has 0 amide bonds. The zero-order valence-corrected chi connectivity index (χ0v) is 18.7. The first-order valence-corrected chi connectivity index (χ1v) is 13.0. The third-order valence-corrected chi connectivity index (χ3v) is 10.8. The Bertz CT molecular complexity index is 782. The van der Waals surface area contributed by atoms with Gasteiger partial charge in [-0.05, 0) is 45.0 Å². The van der Waals surface area contributed by atoms with Gasteiger partial charge >= 0.3 is 0 Å². The fourth-order valence-electron chi connectivity index (χ4n) is 3.24. The topological polar surface area (TPSA) is 184 Å². The second-order valence-corrected chi connectivity index (χ2v) is 12.9. The summed E-state index contributed by atoms with van der Waals surface area (Å²) in [5, 5.41) is 0.737. The Labute approximate surface area is 178 Å². The van der Waals surface area contributed by atoms with Crippen LogP contribution in [0.4, 0.5) is 0 Å². The van der Waals surface area contributed by atoms with Crippen molar-refractivity contribution in [3.63, 3.8) is 0 Å². The number of hydrogen-bond acceptors (Lipinski definition) is 8. The van der Waals surface area contributed by atoms with Crippen molar-refractivity contribution in [3.05, 3.63) is 48.5 Å². The summed E-state index contributed by atoms with van der Waals surface area (Å²) in [5.41, 5.74) is 0. The lowest BCUT2D eigenvalue weighted by atomic mass is 10.1. The lowest BCUT2D eigenvalue weighted by Gasteiger charge is -2.39. The van der Waals surface area contributed by atoms with E-state index in [1.807, 2.05) is 0 Å². The number of fused-ring (bicyclic) bond motifs is 1. The molecule has 0 radical (unpaired) electrons. The lowest BCUT2D eigenvalue weighted by Crippen LogP contribution is -2.68. The van der Waals surface area contributed by atoms with E-state index < -0.39 is 20.5 Å². The maximum atomic E-state index is 8.49. The normalized spacial score (nSPS) is 23.6. The Morgan fingerprint density at radius 1 is 0.655 bits per heavy atom. The molecule has 3 aliphatic heterocycles. The van der Waals surface area contributed by atoms with Crippen LogP contribution in [0.15, 0.2) is 68.1 Å². The van der Waals surface area contributed by atoms with E-state index in [1.54, 1.807) is 19.6 Å². The van der Waals surface area contributed by atoms with Crippen molar-refractivity contribution >= 4 is 21.8 Å². The van der Waals surface area contributed by atoms with Crippen LogP contribution in [0.5, 0.6) is 0 Å². The molecule has 1 unspecified atom stereocenters. The van der Waals surface area contributed by atoms with Crippen LogP contribution < -0.4 is 37.3 Å². The maximum Gasteiger partial charge on any atom is 0.216 e. The van der Waals surface area contributed by atoms with E-state index in [-0.39, 0.29) is 21.8 Å². The van der Waals surface area contributed by atoms with Crippen molar-refractivity contribution in [3.8, 4) is 0 Å². The highest BCUT2D eigenvalue weighted by molar-refractivity contribution is 8.07. The maximum absolute atomic E-state index is 8.49. The zero-order chi connectivity index (χ0) is 22.2. The Kier molecular flexibility index (Phi) is 7.54. The van der Waals surface area contributed by atoms with Crippen molar-refractivity contribution in [1.82, 2.24) is 0 Å². The van der Waals surface area contributed by atoms with Gasteiger partial charge in [-0.2, -0.15) is 0 Å². The monoisotopic (exact) mass is 484 g/mol. The van der Waals surface area contributed by atoms with Crippen LogP contribution in [0.2, 0.25) is 0 Å². The molecule has 2 bridgehead atoms. The minimum absolute atomic E-state index is 0.231. The van der Waals surface area contributed by atoms with Gasteiger partial charge in [-0.25, -0.2) is 37.3 Å². The van der Waals surface area contributed by atoms with Crippen LogP contribution in [0.25, 0.3) is 0 Å². The second-order valence-electron chi connectivity index (χ2n) is 6.54. The molecule has 1 atom stereocenters. The molecule has 160 valence electrons. The van der Waals surface area contributed by atoms with Crippen molar-refractivity contribution in [1.29, 1.82) is 0 Å². The first-order valence-electron chi connectivity index (χ1n) is 8.01. The quantitative estimate of drug-likeness (QED) is 0.331. The minimum Gasteiger partial charge on any atom is -0.222 e. The molecule has 3 heterocycles. The molecular weight excluding hydrogens is 467 g/mol. The molecule has 8 nitrogen and oxygen atoms in total. The average Bonchev–Trinajstić information content (AvgIpc) is 2.54. The van der Waals surface area contributed by atoms with Gasteiger partial charge in [-0.3, -0.25) is 0 Å². The van der Waals surface area contributed by atoms with Crippen molar-refractivity contribution in [2.45, 2.75) is 50.4 Å². The molecule has 12 heteroatoms. The van der Waals surface area contributed by atoms with Crippen molar-refractivity contribution in [2.24, 2.45) is 0 Å². The molecule has 5 rings (SSSR count). The summed E-state index contributed by atoms with van der Waals surface area (Å²) < 4.78 is 68.3. The molecule has 2 aromatic rings. The van der Waals surface area contributed by atoms with Gasteiger partial charge in [0.05, 0.1) is 21.8 Å². The third-order valence-electron chi connectivity index (χ3n) is 4.47. The summed E-state index contributed by atoms with van der Waals surface area (Å²) in [4.78, 5) is 6.42. The molecule has 0 saturated carbocycles. The SMILES string of the molecule is CC1[S+]2c3ccccc3[S+](c3ccccc32)C1(C)C.[O-][Cl+3]([O-])([O-])[O-].[O-][Cl+3]([O-])([O-])[O-]. The molecule has 29 heavy (non-hydrogen) atoms. The summed E-state index contributed by atoms with van der Waals surface area (Å²) in [6.45, 7) is 7.38. The van der Waals surface area contributed by atoms with Gasteiger partial charge in [0.1, 0.15) is 0 Å². The highest BCUT2D eigenvalue weighted by Gasteiger charge is 2.68. The van der Waals surface area contributed by atoms with Crippen LogP contribution >= 0.6 is 0 Å². The molecular formula is C17H18Cl2O8S2. The first-order chi connectivity index (χ1) is 13.1. The fourth-order valence-corrected chi connectivity index (χ4v) is 10.1. The fraction of sp³-hybridized carbons (Fsp3) is 0.294. The van der Waals surface area contributed by atoms with E-state index in [4.69, 9.17) is 37.3 Å². The van der Waals surface area contributed by atoms with Crippen LogP contribution in [0, 0.1) is 20.5 Å². The lowest BCUT2D eigenvalue weighted by molar-refractivity contribution is -2.00. The number of hydrogen-bond donors (Lipinski definition) is 0. The van der Waals surface area contributed by atoms with E-state index in [1.165, 1.54) is 0 Å². The standard InChI is InChI=1S/C17H18S2.2ClHO4/c1-12-17(2,3)19-15-10-6-4-8-13(15)18(12)14-9-5-7-11-16(14)19;2*2-1(3,4)5/h4-12H,1-3H3;2*(H,2,3,4,5)/q+2;;/p-2. The summed E-state index contributed by atoms with van der Waals surface area (Å²) in [6.07, 6.45) is 0. The Hall–Kier alpha value is -0.600. The summed E-state index contributed by atoms with van der Waals surface area (Å²) in [5.74, 6) is 0. The molecule has 0 spiro atoms. The van der Waals surface area contributed by atoms with Crippen LogP contribution in [-0.4, -0.2) is 10.00 Å². The highest BCUT2D eigenvalue weighted by Crippen LogP contribution is 2.56. The molecule has 0 saturated heterocycles. The third kappa shape index (κ3) is 6.20. The van der Waals surface area contributed by atoms with Crippen molar-refractivity contribution in [2.75, 3.05) is 0 Å².